The number of halogens is 1. The monoisotopic (exact) mass is 289 g/mol. The summed E-state index contributed by atoms with van der Waals surface area (Å²) in [5.41, 5.74) is 1.92. The molecule has 0 radical (unpaired) electrons. The van der Waals surface area contributed by atoms with Gasteiger partial charge in [-0.2, -0.15) is 0 Å². The van der Waals surface area contributed by atoms with Gasteiger partial charge in [-0.05, 0) is 42.8 Å². The van der Waals surface area contributed by atoms with E-state index in [0.717, 1.165) is 21.3 Å². The Morgan fingerprint density at radius 3 is 2.85 bits per heavy atom. The predicted molar refractivity (Wildman–Crippen MR) is 77.0 cm³/mol. The van der Waals surface area contributed by atoms with Crippen molar-refractivity contribution in [3.63, 3.8) is 0 Å². The smallest absolute Gasteiger partial charge is 0.345 e. The summed E-state index contributed by atoms with van der Waals surface area (Å²) >= 11 is 1.28. The molecule has 0 atom stereocenters. The maximum absolute atomic E-state index is 13.2. The highest BCUT2D eigenvalue weighted by Gasteiger charge is 2.12. The number of benzene rings is 1. The number of carboxylic acids is 1. The van der Waals surface area contributed by atoms with E-state index in [4.69, 9.17) is 5.11 Å². The molecule has 0 aliphatic carbocycles. The second-order valence-electron chi connectivity index (χ2n) is 4.64. The zero-order valence-corrected chi connectivity index (χ0v) is 11.6. The van der Waals surface area contributed by atoms with Crippen molar-refractivity contribution in [3.05, 3.63) is 57.7 Å². The fraction of sp³-hybridized carbons (Fsp3) is 0.133. The standard InChI is InChI=1S/C15H12FNO2S/c1-9-11(7-14(20-9)15(18)19)8-17-5-4-10-6-12(16)2-3-13(10)17/h2-7H,8H2,1H3,(H,18,19). The van der Waals surface area contributed by atoms with Crippen LogP contribution in [0.15, 0.2) is 36.5 Å². The lowest BCUT2D eigenvalue weighted by Gasteiger charge is -2.05. The molecule has 2 aromatic heterocycles. The van der Waals surface area contributed by atoms with Crippen molar-refractivity contribution in [1.82, 2.24) is 4.57 Å². The van der Waals surface area contributed by atoms with E-state index < -0.39 is 5.97 Å². The molecule has 1 aromatic carbocycles. The van der Waals surface area contributed by atoms with E-state index in [9.17, 15) is 9.18 Å². The highest BCUT2D eigenvalue weighted by molar-refractivity contribution is 7.14. The SMILES string of the molecule is Cc1sc(C(=O)O)cc1Cn1ccc2cc(F)ccc21. The van der Waals surface area contributed by atoms with Gasteiger partial charge in [0.15, 0.2) is 0 Å². The molecule has 3 nitrogen and oxygen atoms in total. The van der Waals surface area contributed by atoms with E-state index in [0.29, 0.717) is 11.4 Å². The molecule has 20 heavy (non-hydrogen) atoms. The van der Waals surface area contributed by atoms with Crippen LogP contribution in [-0.2, 0) is 6.54 Å². The number of carboxylic acid groups (broad SMARTS) is 1. The number of aromatic carboxylic acids is 1. The number of aromatic nitrogens is 1. The first-order valence-electron chi connectivity index (χ1n) is 6.11. The quantitative estimate of drug-likeness (QED) is 0.794. The van der Waals surface area contributed by atoms with Crippen molar-refractivity contribution in [2.24, 2.45) is 0 Å². The van der Waals surface area contributed by atoms with Crippen LogP contribution in [0.25, 0.3) is 10.9 Å². The van der Waals surface area contributed by atoms with E-state index in [2.05, 4.69) is 0 Å². The van der Waals surface area contributed by atoms with Gasteiger partial charge in [-0.1, -0.05) is 0 Å². The van der Waals surface area contributed by atoms with E-state index in [1.807, 2.05) is 23.8 Å². The number of carbonyl (C=O) groups is 1. The van der Waals surface area contributed by atoms with Crippen LogP contribution in [0.2, 0.25) is 0 Å². The fourth-order valence-corrected chi connectivity index (χ4v) is 3.15. The number of nitrogens with zero attached hydrogens (tertiary/aromatic N) is 1. The van der Waals surface area contributed by atoms with Crippen LogP contribution in [0.3, 0.4) is 0 Å². The number of fused-ring (bicyclic) bond motifs is 1. The third-order valence-corrected chi connectivity index (χ3v) is 4.39. The first-order valence-corrected chi connectivity index (χ1v) is 6.93. The molecule has 2 heterocycles. The topological polar surface area (TPSA) is 42.2 Å². The Kier molecular flexibility index (Phi) is 3.06. The van der Waals surface area contributed by atoms with Crippen molar-refractivity contribution in [2.45, 2.75) is 13.5 Å². The highest BCUT2D eigenvalue weighted by Crippen LogP contribution is 2.24. The average Bonchev–Trinajstić information content (AvgIpc) is 2.95. The Labute approximate surface area is 118 Å². The van der Waals surface area contributed by atoms with Gasteiger partial charge in [0.1, 0.15) is 10.7 Å². The Morgan fingerprint density at radius 2 is 2.15 bits per heavy atom. The highest BCUT2D eigenvalue weighted by atomic mass is 32.1. The van der Waals surface area contributed by atoms with Crippen LogP contribution in [0, 0.1) is 12.7 Å². The second-order valence-corrected chi connectivity index (χ2v) is 5.90. The van der Waals surface area contributed by atoms with Gasteiger partial charge in [0.25, 0.3) is 0 Å². The number of hydrogen-bond acceptors (Lipinski definition) is 2. The number of rotatable bonds is 3. The molecule has 3 aromatic rings. The summed E-state index contributed by atoms with van der Waals surface area (Å²) in [5, 5.41) is 9.86. The van der Waals surface area contributed by atoms with E-state index in [-0.39, 0.29) is 5.82 Å². The molecule has 0 amide bonds. The molecule has 1 N–H and O–H groups in total. The average molecular weight is 289 g/mol. The zero-order chi connectivity index (χ0) is 14.3. The van der Waals surface area contributed by atoms with Crippen LogP contribution < -0.4 is 0 Å². The Hall–Kier alpha value is -2.14. The number of thiophene rings is 1. The van der Waals surface area contributed by atoms with E-state index in [1.54, 1.807) is 12.1 Å². The molecule has 5 heteroatoms. The zero-order valence-electron chi connectivity index (χ0n) is 10.8. The van der Waals surface area contributed by atoms with Crippen molar-refractivity contribution in [3.8, 4) is 0 Å². The lowest BCUT2D eigenvalue weighted by Crippen LogP contribution is -1.98. The van der Waals surface area contributed by atoms with Crippen LogP contribution in [0.4, 0.5) is 4.39 Å². The number of aryl methyl sites for hydroxylation is 1. The minimum Gasteiger partial charge on any atom is -0.477 e. The summed E-state index contributed by atoms with van der Waals surface area (Å²) in [4.78, 5) is 12.3. The van der Waals surface area contributed by atoms with Crippen LogP contribution in [0.1, 0.15) is 20.1 Å². The Bertz CT molecular complexity index is 803. The molecule has 0 fully saturated rings. The summed E-state index contributed by atoms with van der Waals surface area (Å²) in [5.74, 6) is -1.15. The molecule has 0 aliphatic heterocycles. The van der Waals surface area contributed by atoms with Gasteiger partial charge >= 0.3 is 5.97 Å². The Balaban J connectivity index is 1.99. The normalized spacial score (nSPS) is 11.1. The lowest BCUT2D eigenvalue weighted by molar-refractivity contribution is 0.0702. The molecule has 3 rings (SSSR count). The molecule has 0 spiro atoms. The van der Waals surface area contributed by atoms with Crippen molar-refractivity contribution >= 4 is 28.2 Å². The largest absolute Gasteiger partial charge is 0.477 e. The van der Waals surface area contributed by atoms with Gasteiger partial charge in [0.05, 0.1) is 0 Å². The van der Waals surface area contributed by atoms with E-state index >= 15 is 0 Å². The van der Waals surface area contributed by atoms with Gasteiger partial charge < -0.3 is 9.67 Å². The van der Waals surface area contributed by atoms with Gasteiger partial charge in [0, 0.05) is 28.5 Å². The van der Waals surface area contributed by atoms with Gasteiger partial charge in [-0.25, -0.2) is 9.18 Å². The second kappa shape index (κ2) is 4.76. The maximum atomic E-state index is 13.2. The van der Waals surface area contributed by atoms with Gasteiger partial charge in [-0.15, -0.1) is 11.3 Å². The molecule has 0 saturated heterocycles. The van der Waals surface area contributed by atoms with Crippen molar-refractivity contribution < 1.29 is 14.3 Å². The molecule has 102 valence electrons. The lowest BCUT2D eigenvalue weighted by atomic mass is 10.2. The van der Waals surface area contributed by atoms with Gasteiger partial charge in [0.2, 0.25) is 0 Å². The first-order chi connectivity index (χ1) is 9.54. The third kappa shape index (κ3) is 2.20. The van der Waals surface area contributed by atoms with E-state index in [1.165, 1.54) is 23.5 Å². The van der Waals surface area contributed by atoms with Crippen LogP contribution in [0.5, 0.6) is 0 Å². The molecule has 0 aliphatic rings. The summed E-state index contributed by atoms with van der Waals surface area (Å²) in [6.45, 7) is 2.50. The molecule has 0 saturated carbocycles. The van der Waals surface area contributed by atoms with Crippen LogP contribution in [-0.4, -0.2) is 15.6 Å². The summed E-state index contributed by atoms with van der Waals surface area (Å²) in [6.07, 6.45) is 1.89. The minimum absolute atomic E-state index is 0.255. The molecule has 0 unspecified atom stereocenters. The fourth-order valence-electron chi connectivity index (χ4n) is 2.27. The molecular formula is C15H12FNO2S. The third-order valence-electron chi connectivity index (χ3n) is 3.31. The summed E-state index contributed by atoms with van der Waals surface area (Å²) in [7, 11) is 0. The predicted octanol–water partition coefficient (Wildman–Crippen LogP) is 3.90. The van der Waals surface area contributed by atoms with Crippen molar-refractivity contribution in [2.75, 3.05) is 0 Å². The maximum Gasteiger partial charge on any atom is 0.345 e. The minimum atomic E-state index is -0.899. The molecule has 0 bridgehead atoms. The van der Waals surface area contributed by atoms with Gasteiger partial charge in [-0.3, -0.25) is 0 Å². The van der Waals surface area contributed by atoms with Crippen molar-refractivity contribution in [1.29, 1.82) is 0 Å². The van der Waals surface area contributed by atoms with Crippen LogP contribution >= 0.6 is 11.3 Å². The Morgan fingerprint density at radius 1 is 1.35 bits per heavy atom. The number of hydrogen-bond donors (Lipinski definition) is 1. The summed E-state index contributed by atoms with van der Waals surface area (Å²) in [6, 6.07) is 8.23. The summed E-state index contributed by atoms with van der Waals surface area (Å²) < 4.78 is 15.2. The first kappa shape index (κ1) is 12.9. The molecular weight excluding hydrogens is 277 g/mol.